The van der Waals surface area contributed by atoms with Crippen LogP contribution in [-0.4, -0.2) is 28.6 Å². The summed E-state index contributed by atoms with van der Waals surface area (Å²) in [5.74, 6) is -0.456. The number of hydrogen-bond donors (Lipinski definition) is 0. The van der Waals surface area contributed by atoms with Gasteiger partial charge in [-0.1, -0.05) is 17.7 Å². The van der Waals surface area contributed by atoms with Crippen molar-refractivity contribution in [3.8, 4) is 0 Å². The molecule has 108 valence electrons. The van der Waals surface area contributed by atoms with Crippen molar-refractivity contribution in [3.63, 3.8) is 0 Å². The van der Waals surface area contributed by atoms with Gasteiger partial charge in [0.15, 0.2) is 5.79 Å². The molecule has 0 radical (unpaired) electrons. The molecule has 0 N–H and O–H groups in total. The Morgan fingerprint density at radius 2 is 2.20 bits per heavy atom. The van der Waals surface area contributed by atoms with Crippen molar-refractivity contribution >= 4 is 45.6 Å². The van der Waals surface area contributed by atoms with Gasteiger partial charge >= 0.3 is 0 Å². The van der Waals surface area contributed by atoms with E-state index in [0.29, 0.717) is 19.6 Å². The minimum absolute atomic E-state index is 0.230. The maximum Gasteiger partial charge on any atom is 0.289 e. The Labute approximate surface area is 136 Å². The van der Waals surface area contributed by atoms with E-state index >= 15 is 0 Å². The van der Waals surface area contributed by atoms with E-state index in [0.717, 1.165) is 24.0 Å². The first kappa shape index (κ1) is 14.9. The average Bonchev–Trinajstić information content (AvgIpc) is 2.92. The second-order valence-electron chi connectivity index (χ2n) is 4.71. The molecule has 1 aromatic rings. The third-order valence-electron chi connectivity index (χ3n) is 3.59. The number of aromatic nitrogens is 2. The molecule has 2 heterocycles. The molecule has 1 aliphatic carbocycles. The molecular weight excluding hydrogens is 413 g/mol. The Bertz CT molecular complexity index is 613. The lowest BCUT2D eigenvalue weighted by molar-refractivity contribution is -0.159. The summed E-state index contributed by atoms with van der Waals surface area (Å²) >= 11 is 8.29. The molecule has 8 heteroatoms. The topological polar surface area (TPSA) is 53.4 Å². The molecule has 20 heavy (non-hydrogen) atoms. The first-order valence-electron chi connectivity index (χ1n) is 6.27. The first-order chi connectivity index (χ1) is 9.65. The summed E-state index contributed by atoms with van der Waals surface area (Å²) in [5.41, 5.74) is 1.55. The van der Waals surface area contributed by atoms with Crippen LogP contribution >= 0.6 is 40.0 Å². The lowest BCUT2D eigenvalue weighted by Crippen LogP contribution is -2.31. The monoisotopic (exact) mass is 426 g/mol. The zero-order chi connectivity index (χ0) is 14.2. The molecule has 0 aromatic carbocycles. The van der Waals surface area contributed by atoms with Gasteiger partial charge in [0.1, 0.15) is 5.02 Å². The van der Waals surface area contributed by atoms with Crippen LogP contribution in [-0.2, 0) is 9.47 Å². The van der Waals surface area contributed by atoms with Gasteiger partial charge in [-0.2, -0.15) is 5.10 Å². The van der Waals surface area contributed by atoms with E-state index in [4.69, 9.17) is 21.1 Å². The SMILES string of the molecule is O=c1c(Cl)c(C2=CCC3(CC2)OCCO3)cnn1PI. The smallest absolute Gasteiger partial charge is 0.289 e. The third-order valence-corrected chi connectivity index (χ3v) is 5.81. The van der Waals surface area contributed by atoms with Crippen LogP contribution in [0.5, 0.6) is 0 Å². The molecule has 5 nitrogen and oxygen atoms in total. The minimum Gasteiger partial charge on any atom is -0.347 e. The largest absolute Gasteiger partial charge is 0.347 e. The van der Waals surface area contributed by atoms with Crippen molar-refractivity contribution in [1.29, 1.82) is 0 Å². The van der Waals surface area contributed by atoms with E-state index in [1.165, 1.54) is 4.45 Å². The first-order valence-corrected chi connectivity index (χ1v) is 10.7. The van der Waals surface area contributed by atoms with Crippen LogP contribution in [0.15, 0.2) is 17.1 Å². The number of allylic oxidation sites excluding steroid dienone is 1. The minimum atomic E-state index is -0.456. The Morgan fingerprint density at radius 3 is 2.80 bits per heavy atom. The van der Waals surface area contributed by atoms with Crippen LogP contribution in [0.4, 0.5) is 0 Å². The quantitative estimate of drug-likeness (QED) is 0.539. The van der Waals surface area contributed by atoms with Crippen LogP contribution in [0.2, 0.25) is 5.02 Å². The molecule has 3 rings (SSSR count). The summed E-state index contributed by atoms with van der Waals surface area (Å²) in [6.45, 7) is 1.30. The van der Waals surface area contributed by atoms with Gasteiger partial charge in [0.25, 0.3) is 5.56 Å². The lowest BCUT2D eigenvalue weighted by atomic mass is 9.90. The number of hydrogen-bond acceptors (Lipinski definition) is 4. The predicted molar refractivity (Wildman–Crippen MR) is 87.7 cm³/mol. The summed E-state index contributed by atoms with van der Waals surface area (Å²) in [5, 5.41) is 4.39. The fourth-order valence-electron chi connectivity index (χ4n) is 2.53. The van der Waals surface area contributed by atoms with Gasteiger partial charge in [-0.15, -0.1) is 0 Å². The summed E-state index contributed by atoms with van der Waals surface area (Å²) in [7, 11) is 0. The van der Waals surface area contributed by atoms with E-state index in [9.17, 15) is 4.79 Å². The van der Waals surface area contributed by atoms with Gasteiger partial charge in [-0.25, -0.2) is 4.45 Å². The maximum atomic E-state index is 12.0. The molecule has 1 spiro atoms. The Morgan fingerprint density at radius 1 is 1.45 bits per heavy atom. The molecule has 2 aliphatic rings. The van der Waals surface area contributed by atoms with Gasteiger partial charge in [-0.05, 0) is 34.0 Å². The van der Waals surface area contributed by atoms with Crippen LogP contribution < -0.4 is 5.56 Å². The van der Waals surface area contributed by atoms with Crippen molar-refractivity contribution < 1.29 is 9.47 Å². The van der Waals surface area contributed by atoms with Crippen LogP contribution in [0.3, 0.4) is 0 Å². The average molecular weight is 427 g/mol. The number of rotatable bonds is 2. The van der Waals surface area contributed by atoms with Gasteiger partial charge < -0.3 is 9.47 Å². The zero-order valence-corrected chi connectivity index (χ0v) is 14.5. The summed E-state index contributed by atoms with van der Waals surface area (Å²) < 4.78 is 12.7. The van der Waals surface area contributed by atoms with Crippen molar-refractivity contribution in [2.24, 2.45) is 0 Å². The lowest BCUT2D eigenvalue weighted by Gasteiger charge is -2.30. The fourth-order valence-corrected chi connectivity index (χ4v) is 4.17. The predicted octanol–water partition coefficient (Wildman–Crippen LogP) is 3.00. The molecule has 1 atom stereocenters. The van der Waals surface area contributed by atoms with Crippen molar-refractivity contribution in [1.82, 2.24) is 9.55 Å². The molecule has 0 amide bonds. The van der Waals surface area contributed by atoms with E-state index in [-0.39, 0.29) is 17.0 Å². The summed E-state index contributed by atoms with van der Waals surface area (Å²) in [4.78, 5) is 12.0. The maximum absolute atomic E-state index is 12.0. The standard InChI is InChI=1S/C12H13ClIN2O3P/c13-10-9(7-15-16(20-14)11(10)17)8-1-3-12(4-2-8)18-5-6-19-12/h1,7,20H,2-6H2. The van der Waals surface area contributed by atoms with Crippen molar-refractivity contribution in [2.45, 2.75) is 25.0 Å². The summed E-state index contributed by atoms with van der Waals surface area (Å²) in [6.07, 6.45) is 6.22. The Kier molecular flexibility index (Phi) is 4.48. The van der Waals surface area contributed by atoms with Gasteiger partial charge in [0, 0.05) is 18.4 Å². The molecule has 1 fully saturated rings. The highest BCUT2D eigenvalue weighted by molar-refractivity contribution is 14.2. The highest BCUT2D eigenvalue weighted by Gasteiger charge is 2.38. The molecule has 0 saturated carbocycles. The zero-order valence-electron chi connectivity index (χ0n) is 10.6. The van der Waals surface area contributed by atoms with Gasteiger partial charge in [0.2, 0.25) is 0 Å². The Hall–Kier alpha value is -0.0100. The highest BCUT2D eigenvalue weighted by atomic mass is 127. The second kappa shape index (κ2) is 6.01. The number of ether oxygens (including phenoxy) is 2. The molecule has 0 bridgehead atoms. The molecule has 1 unspecified atom stereocenters. The second-order valence-corrected chi connectivity index (χ2v) is 7.13. The number of nitrogens with zero attached hydrogens (tertiary/aromatic N) is 2. The normalized spacial score (nSPS) is 21.8. The van der Waals surface area contributed by atoms with E-state index in [1.54, 1.807) is 6.20 Å². The molecule has 1 aromatic heterocycles. The Balaban J connectivity index is 1.89. The number of halogens is 2. The van der Waals surface area contributed by atoms with Crippen LogP contribution in [0.25, 0.3) is 5.57 Å². The highest BCUT2D eigenvalue weighted by Crippen LogP contribution is 2.39. The van der Waals surface area contributed by atoms with E-state index in [2.05, 4.69) is 27.1 Å². The van der Waals surface area contributed by atoms with Gasteiger partial charge in [0.05, 0.1) is 25.8 Å². The van der Waals surface area contributed by atoms with Crippen molar-refractivity contribution in [2.75, 3.05) is 13.2 Å². The van der Waals surface area contributed by atoms with E-state index in [1.807, 2.05) is 6.08 Å². The van der Waals surface area contributed by atoms with E-state index < -0.39 is 5.79 Å². The van der Waals surface area contributed by atoms with Gasteiger partial charge in [-0.3, -0.25) is 4.79 Å². The summed E-state index contributed by atoms with van der Waals surface area (Å²) in [6, 6.07) is 0. The molecule has 1 aliphatic heterocycles. The third kappa shape index (κ3) is 2.68. The van der Waals surface area contributed by atoms with Crippen LogP contribution in [0, 0.1) is 0 Å². The fraction of sp³-hybridized carbons (Fsp3) is 0.500. The molecular formula is C12H13ClIN2O3P. The van der Waals surface area contributed by atoms with Crippen LogP contribution in [0.1, 0.15) is 24.8 Å². The van der Waals surface area contributed by atoms with Crippen molar-refractivity contribution in [3.05, 3.63) is 33.2 Å². The molecule has 1 saturated heterocycles.